The van der Waals surface area contributed by atoms with Gasteiger partial charge in [-0.2, -0.15) is 0 Å². The molecule has 146 valence electrons. The van der Waals surface area contributed by atoms with Gasteiger partial charge in [-0.1, -0.05) is 31.4 Å². The van der Waals surface area contributed by atoms with Crippen molar-refractivity contribution in [1.82, 2.24) is 10.6 Å². The third kappa shape index (κ3) is 4.24. The minimum Gasteiger partial charge on any atom is -0.379 e. The lowest BCUT2D eigenvalue weighted by atomic mass is 9.78. The van der Waals surface area contributed by atoms with Gasteiger partial charge in [0.2, 0.25) is 0 Å². The van der Waals surface area contributed by atoms with Gasteiger partial charge in [-0.05, 0) is 49.3 Å². The summed E-state index contributed by atoms with van der Waals surface area (Å²) in [4.78, 5) is 0. The van der Waals surface area contributed by atoms with Gasteiger partial charge >= 0.3 is 0 Å². The zero-order chi connectivity index (χ0) is 17.1. The number of benzene rings is 1. The van der Waals surface area contributed by atoms with E-state index in [2.05, 4.69) is 10.6 Å². The molecule has 0 spiro atoms. The van der Waals surface area contributed by atoms with Crippen molar-refractivity contribution in [2.75, 3.05) is 26.3 Å². The molecule has 3 unspecified atom stereocenters. The van der Waals surface area contributed by atoms with Crippen LogP contribution in [0.15, 0.2) is 24.3 Å². The van der Waals surface area contributed by atoms with E-state index in [4.69, 9.17) is 4.74 Å². The van der Waals surface area contributed by atoms with Crippen LogP contribution in [-0.4, -0.2) is 38.4 Å². The predicted molar refractivity (Wildman–Crippen MR) is 106 cm³/mol. The van der Waals surface area contributed by atoms with Gasteiger partial charge in [0.25, 0.3) is 0 Å². The summed E-state index contributed by atoms with van der Waals surface area (Å²) in [5.74, 6) is 0.538. The Kier molecular flexibility index (Phi) is 6.95. The average molecular weight is 383 g/mol. The Bertz CT molecular complexity index is 556. The fraction of sp³-hybridized carbons (Fsp3) is 0.714. The Balaban J connectivity index is 0.00000196. The number of rotatable bonds is 5. The second kappa shape index (κ2) is 9.01. The number of halogens is 2. The van der Waals surface area contributed by atoms with Crippen LogP contribution in [0.3, 0.4) is 0 Å². The first kappa shape index (κ1) is 20.1. The van der Waals surface area contributed by atoms with Crippen molar-refractivity contribution in [2.24, 2.45) is 5.92 Å². The van der Waals surface area contributed by atoms with Crippen LogP contribution in [0.5, 0.6) is 0 Å². The summed E-state index contributed by atoms with van der Waals surface area (Å²) in [6.45, 7) is 3.70. The van der Waals surface area contributed by atoms with Gasteiger partial charge in [-0.25, -0.2) is 4.39 Å². The van der Waals surface area contributed by atoms with Crippen LogP contribution < -0.4 is 10.6 Å². The lowest BCUT2D eigenvalue weighted by molar-refractivity contribution is 0.0521. The molecule has 0 amide bonds. The summed E-state index contributed by atoms with van der Waals surface area (Å²) in [7, 11) is 0. The van der Waals surface area contributed by atoms with Crippen LogP contribution in [0.25, 0.3) is 0 Å². The highest BCUT2D eigenvalue weighted by molar-refractivity contribution is 5.85. The van der Waals surface area contributed by atoms with Gasteiger partial charge in [0.05, 0.1) is 13.2 Å². The molecular weight excluding hydrogens is 351 g/mol. The maximum atomic E-state index is 13.4. The molecule has 3 aliphatic rings. The Morgan fingerprint density at radius 2 is 1.88 bits per heavy atom. The maximum Gasteiger partial charge on any atom is 0.123 e. The minimum atomic E-state index is -0.135. The normalized spacial score (nSPS) is 30.9. The van der Waals surface area contributed by atoms with E-state index in [-0.39, 0.29) is 23.6 Å². The number of hydrogen-bond acceptors (Lipinski definition) is 3. The van der Waals surface area contributed by atoms with Crippen LogP contribution in [0.1, 0.15) is 50.5 Å². The molecule has 0 aromatic heterocycles. The number of nitrogens with one attached hydrogen (secondary N) is 2. The Hall–Kier alpha value is -0.680. The molecular formula is C21H32ClFN2O. The topological polar surface area (TPSA) is 33.3 Å². The predicted octanol–water partition coefficient (Wildman–Crippen LogP) is 3.81. The minimum absolute atomic E-state index is 0. The van der Waals surface area contributed by atoms with E-state index < -0.39 is 0 Å². The largest absolute Gasteiger partial charge is 0.379 e. The van der Waals surface area contributed by atoms with Gasteiger partial charge in [0.15, 0.2) is 0 Å². The highest BCUT2D eigenvalue weighted by atomic mass is 35.5. The van der Waals surface area contributed by atoms with Crippen molar-refractivity contribution in [1.29, 1.82) is 0 Å². The fourth-order valence-corrected chi connectivity index (χ4v) is 5.33. The third-order valence-corrected chi connectivity index (χ3v) is 6.76. The second-order valence-electron chi connectivity index (χ2n) is 8.21. The monoisotopic (exact) mass is 382 g/mol. The molecule has 0 radical (unpaired) electrons. The van der Waals surface area contributed by atoms with Crippen molar-refractivity contribution < 1.29 is 9.13 Å². The molecule has 2 aliphatic carbocycles. The molecule has 4 rings (SSSR count). The summed E-state index contributed by atoms with van der Waals surface area (Å²) >= 11 is 0. The quantitative estimate of drug-likeness (QED) is 0.812. The zero-order valence-electron chi connectivity index (χ0n) is 15.5. The van der Waals surface area contributed by atoms with Crippen LogP contribution in [0, 0.1) is 11.7 Å². The van der Waals surface area contributed by atoms with E-state index in [0.29, 0.717) is 18.0 Å². The van der Waals surface area contributed by atoms with Crippen LogP contribution in [-0.2, 0) is 10.2 Å². The standard InChI is InChI=1S/C21H31FN2O.ClH/c22-17-8-6-16(7-9-17)21(10-1-2-11-21)15-24-19-5-3-4-18(19)20-14-25-13-12-23-20;/h6-9,18-20,23-24H,1-5,10-15H2;1H. The van der Waals surface area contributed by atoms with Crippen molar-refractivity contribution in [3.05, 3.63) is 35.6 Å². The third-order valence-electron chi connectivity index (χ3n) is 6.76. The Morgan fingerprint density at radius 3 is 2.58 bits per heavy atom. The average Bonchev–Trinajstić information content (AvgIpc) is 3.31. The smallest absolute Gasteiger partial charge is 0.123 e. The molecule has 2 N–H and O–H groups in total. The molecule has 0 bridgehead atoms. The maximum absolute atomic E-state index is 13.4. The van der Waals surface area contributed by atoms with Gasteiger partial charge in [-0.3, -0.25) is 0 Å². The first-order valence-electron chi connectivity index (χ1n) is 10.1. The van der Waals surface area contributed by atoms with E-state index >= 15 is 0 Å². The van der Waals surface area contributed by atoms with E-state index in [1.54, 1.807) is 12.1 Å². The highest BCUT2D eigenvalue weighted by Crippen LogP contribution is 2.41. The molecule has 2 saturated carbocycles. The highest BCUT2D eigenvalue weighted by Gasteiger charge is 2.39. The Labute approximate surface area is 162 Å². The van der Waals surface area contributed by atoms with Crippen molar-refractivity contribution in [3.63, 3.8) is 0 Å². The second-order valence-corrected chi connectivity index (χ2v) is 8.21. The molecule has 5 heteroatoms. The van der Waals surface area contributed by atoms with Crippen LogP contribution >= 0.6 is 12.4 Å². The number of morpholine rings is 1. The van der Waals surface area contributed by atoms with E-state index in [0.717, 1.165) is 26.3 Å². The van der Waals surface area contributed by atoms with E-state index in [9.17, 15) is 4.39 Å². The first-order chi connectivity index (χ1) is 12.3. The molecule has 1 saturated heterocycles. The van der Waals surface area contributed by atoms with Crippen LogP contribution in [0.2, 0.25) is 0 Å². The summed E-state index contributed by atoms with van der Waals surface area (Å²) in [6, 6.07) is 8.33. The van der Waals surface area contributed by atoms with Crippen molar-refractivity contribution in [2.45, 2.75) is 62.4 Å². The molecule has 1 heterocycles. The molecule has 1 aromatic carbocycles. The van der Waals surface area contributed by atoms with Crippen molar-refractivity contribution in [3.8, 4) is 0 Å². The SMILES string of the molecule is Cl.Fc1ccc(C2(CNC3CCCC3C3COCCN3)CCCC2)cc1. The Morgan fingerprint density at radius 1 is 1.12 bits per heavy atom. The summed E-state index contributed by atoms with van der Waals surface area (Å²) in [5, 5.41) is 7.60. The molecule has 3 nitrogen and oxygen atoms in total. The first-order valence-corrected chi connectivity index (χ1v) is 10.1. The molecule has 3 fully saturated rings. The van der Waals surface area contributed by atoms with Gasteiger partial charge in [-0.15, -0.1) is 12.4 Å². The van der Waals surface area contributed by atoms with Crippen molar-refractivity contribution >= 4 is 12.4 Å². The molecule has 26 heavy (non-hydrogen) atoms. The summed E-state index contributed by atoms with van der Waals surface area (Å²) < 4.78 is 19.0. The van der Waals surface area contributed by atoms with Gasteiger partial charge < -0.3 is 15.4 Å². The van der Waals surface area contributed by atoms with Gasteiger partial charge in [0.1, 0.15) is 5.82 Å². The summed E-state index contributed by atoms with van der Waals surface area (Å²) in [5.41, 5.74) is 1.50. The lowest BCUT2D eigenvalue weighted by Gasteiger charge is -2.36. The molecule has 1 aliphatic heterocycles. The number of hydrogen-bond donors (Lipinski definition) is 2. The van der Waals surface area contributed by atoms with Crippen LogP contribution in [0.4, 0.5) is 4.39 Å². The molecule has 3 atom stereocenters. The molecule has 1 aromatic rings. The van der Waals surface area contributed by atoms with Gasteiger partial charge in [0, 0.05) is 30.6 Å². The zero-order valence-corrected chi connectivity index (χ0v) is 16.3. The fourth-order valence-electron chi connectivity index (χ4n) is 5.33. The van der Waals surface area contributed by atoms with E-state index in [1.807, 2.05) is 12.1 Å². The van der Waals surface area contributed by atoms with E-state index in [1.165, 1.54) is 50.5 Å². The summed E-state index contributed by atoms with van der Waals surface area (Å²) in [6.07, 6.45) is 8.87. The lowest BCUT2D eigenvalue weighted by Crippen LogP contribution is -2.52. The number of ether oxygens (including phenoxy) is 1.